The highest BCUT2D eigenvalue weighted by atomic mass is 79.9. The van der Waals surface area contributed by atoms with Gasteiger partial charge in [-0.25, -0.2) is 4.79 Å². The van der Waals surface area contributed by atoms with Gasteiger partial charge in [0.15, 0.2) is 0 Å². The minimum absolute atomic E-state index is 0.0234. The molecule has 1 N–H and O–H groups in total. The van der Waals surface area contributed by atoms with Crippen LogP contribution in [0.2, 0.25) is 0 Å². The summed E-state index contributed by atoms with van der Waals surface area (Å²) in [5, 5.41) is 2.95. The van der Waals surface area contributed by atoms with Crippen LogP contribution in [0.1, 0.15) is 27.7 Å². The van der Waals surface area contributed by atoms with Crippen molar-refractivity contribution >= 4 is 27.6 Å². The molecule has 0 radical (unpaired) electrons. The third-order valence-corrected chi connectivity index (χ3v) is 3.08. The third-order valence-electron chi connectivity index (χ3n) is 2.55. The fourth-order valence-electron chi connectivity index (χ4n) is 1.86. The fraction of sp³-hybridized carbons (Fsp3) is 0.533. The molecule has 4 heteroatoms. The number of hydrogen-bond donors (Lipinski definition) is 1. The predicted octanol–water partition coefficient (Wildman–Crippen LogP) is 4.60. The number of carbonyl (C=O) groups is 1. The molecular weight excluding hydrogens is 304 g/mol. The van der Waals surface area contributed by atoms with Crippen LogP contribution in [0, 0.1) is 11.8 Å². The van der Waals surface area contributed by atoms with E-state index >= 15 is 0 Å². The summed E-state index contributed by atoms with van der Waals surface area (Å²) in [5.74, 6) is 0.934. The van der Waals surface area contributed by atoms with Gasteiger partial charge in [0.1, 0.15) is 0 Å². The van der Waals surface area contributed by atoms with Gasteiger partial charge in [0.05, 0.1) is 0 Å². The molecule has 106 valence electrons. The van der Waals surface area contributed by atoms with Gasteiger partial charge >= 0.3 is 6.03 Å². The van der Waals surface area contributed by atoms with Gasteiger partial charge in [-0.1, -0.05) is 43.6 Å². The zero-order valence-corrected chi connectivity index (χ0v) is 13.7. The second-order valence-corrected chi connectivity index (χ2v) is 6.55. The van der Waals surface area contributed by atoms with Crippen LogP contribution in [0.4, 0.5) is 10.5 Å². The van der Waals surface area contributed by atoms with Crippen LogP contribution in [0.25, 0.3) is 0 Å². The third kappa shape index (κ3) is 6.10. The standard InChI is InChI=1S/C15H23BrN2O/c1-11(2)9-18(10-12(3)4)15(19)17-14-7-5-13(16)6-8-14/h5-8,11-12H,9-10H2,1-4H3,(H,17,19). The molecule has 0 heterocycles. The van der Waals surface area contributed by atoms with Crippen LogP contribution in [0.5, 0.6) is 0 Å². The van der Waals surface area contributed by atoms with Gasteiger partial charge in [-0.05, 0) is 36.1 Å². The maximum absolute atomic E-state index is 12.3. The molecule has 1 rings (SSSR count). The zero-order valence-electron chi connectivity index (χ0n) is 12.1. The Labute approximate surface area is 124 Å². The summed E-state index contributed by atoms with van der Waals surface area (Å²) in [4.78, 5) is 14.2. The summed E-state index contributed by atoms with van der Waals surface area (Å²) < 4.78 is 1.01. The van der Waals surface area contributed by atoms with Crippen LogP contribution >= 0.6 is 15.9 Å². The number of amides is 2. The van der Waals surface area contributed by atoms with Gasteiger partial charge in [0.2, 0.25) is 0 Å². The van der Waals surface area contributed by atoms with E-state index < -0.39 is 0 Å². The molecule has 0 aliphatic heterocycles. The highest BCUT2D eigenvalue weighted by molar-refractivity contribution is 9.10. The molecule has 0 spiro atoms. The predicted molar refractivity (Wildman–Crippen MR) is 84.4 cm³/mol. The lowest BCUT2D eigenvalue weighted by Gasteiger charge is -2.26. The lowest BCUT2D eigenvalue weighted by molar-refractivity contribution is 0.196. The van der Waals surface area contributed by atoms with E-state index in [2.05, 4.69) is 48.9 Å². The van der Waals surface area contributed by atoms with Crippen LogP contribution in [-0.2, 0) is 0 Å². The van der Waals surface area contributed by atoms with Crippen LogP contribution < -0.4 is 5.32 Å². The molecule has 0 aliphatic rings. The van der Waals surface area contributed by atoms with Crippen LogP contribution in [-0.4, -0.2) is 24.0 Å². The Morgan fingerprint density at radius 3 is 2.00 bits per heavy atom. The maximum Gasteiger partial charge on any atom is 0.321 e. The summed E-state index contributed by atoms with van der Waals surface area (Å²) in [6, 6.07) is 7.61. The van der Waals surface area contributed by atoms with E-state index in [9.17, 15) is 4.79 Å². The zero-order chi connectivity index (χ0) is 14.4. The van der Waals surface area contributed by atoms with Gasteiger partial charge in [-0.3, -0.25) is 0 Å². The Kier molecular flexibility index (Phi) is 6.35. The van der Waals surface area contributed by atoms with Crippen molar-refractivity contribution in [1.82, 2.24) is 4.90 Å². The number of rotatable bonds is 5. The molecule has 3 nitrogen and oxygen atoms in total. The molecule has 19 heavy (non-hydrogen) atoms. The lowest BCUT2D eigenvalue weighted by atomic mass is 10.1. The van der Waals surface area contributed by atoms with Crippen molar-refractivity contribution < 1.29 is 4.79 Å². The number of anilines is 1. The van der Waals surface area contributed by atoms with E-state index in [4.69, 9.17) is 0 Å². The van der Waals surface area contributed by atoms with Crippen LogP contribution in [0.15, 0.2) is 28.7 Å². The van der Waals surface area contributed by atoms with Gasteiger partial charge < -0.3 is 10.2 Å². The van der Waals surface area contributed by atoms with Crippen molar-refractivity contribution in [2.75, 3.05) is 18.4 Å². The second-order valence-electron chi connectivity index (χ2n) is 5.63. The molecule has 1 aromatic rings. The number of halogens is 1. The summed E-state index contributed by atoms with van der Waals surface area (Å²) in [7, 11) is 0. The molecule has 0 bridgehead atoms. The monoisotopic (exact) mass is 326 g/mol. The van der Waals surface area contributed by atoms with Crippen molar-refractivity contribution in [3.63, 3.8) is 0 Å². The molecule has 0 aliphatic carbocycles. The number of benzene rings is 1. The van der Waals surface area contributed by atoms with Crippen molar-refractivity contribution in [3.05, 3.63) is 28.7 Å². The first-order valence-electron chi connectivity index (χ1n) is 6.70. The first kappa shape index (κ1) is 16.0. The Hall–Kier alpha value is -1.03. The van der Waals surface area contributed by atoms with E-state index in [-0.39, 0.29) is 6.03 Å². The summed E-state index contributed by atoms with van der Waals surface area (Å²) in [6.45, 7) is 10.1. The summed E-state index contributed by atoms with van der Waals surface area (Å²) in [5.41, 5.74) is 0.825. The Morgan fingerprint density at radius 1 is 1.11 bits per heavy atom. The molecule has 1 aromatic carbocycles. The molecule has 2 amide bonds. The van der Waals surface area contributed by atoms with E-state index in [1.165, 1.54) is 0 Å². The molecular formula is C15H23BrN2O. The van der Waals surface area contributed by atoms with E-state index in [0.717, 1.165) is 23.2 Å². The van der Waals surface area contributed by atoms with Crippen molar-refractivity contribution in [1.29, 1.82) is 0 Å². The number of urea groups is 1. The highest BCUT2D eigenvalue weighted by Gasteiger charge is 2.16. The molecule has 0 atom stereocenters. The average molecular weight is 327 g/mol. The molecule has 0 unspecified atom stereocenters. The van der Waals surface area contributed by atoms with Gasteiger partial charge in [0, 0.05) is 23.2 Å². The SMILES string of the molecule is CC(C)CN(CC(C)C)C(=O)Nc1ccc(Br)cc1. The van der Waals surface area contributed by atoms with E-state index in [1.54, 1.807) is 0 Å². The first-order valence-corrected chi connectivity index (χ1v) is 7.49. The minimum atomic E-state index is -0.0234. The largest absolute Gasteiger partial charge is 0.324 e. The van der Waals surface area contributed by atoms with Gasteiger partial charge in [-0.2, -0.15) is 0 Å². The number of nitrogens with zero attached hydrogens (tertiary/aromatic N) is 1. The maximum atomic E-state index is 12.3. The average Bonchev–Trinajstić information content (AvgIpc) is 2.30. The molecule has 0 aromatic heterocycles. The van der Waals surface area contributed by atoms with Crippen molar-refractivity contribution in [2.45, 2.75) is 27.7 Å². The topological polar surface area (TPSA) is 32.3 Å². The normalized spacial score (nSPS) is 10.9. The number of hydrogen-bond acceptors (Lipinski definition) is 1. The van der Waals surface area contributed by atoms with Crippen molar-refractivity contribution in [3.8, 4) is 0 Å². The molecule has 0 saturated heterocycles. The smallest absolute Gasteiger partial charge is 0.321 e. The van der Waals surface area contributed by atoms with E-state index in [1.807, 2.05) is 29.2 Å². The van der Waals surface area contributed by atoms with Crippen molar-refractivity contribution in [2.24, 2.45) is 11.8 Å². The molecule has 0 fully saturated rings. The molecule has 0 saturated carbocycles. The van der Waals surface area contributed by atoms with Gasteiger partial charge in [0.25, 0.3) is 0 Å². The Balaban J connectivity index is 2.67. The summed E-state index contributed by atoms with van der Waals surface area (Å²) in [6.07, 6.45) is 0. The summed E-state index contributed by atoms with van der Waals surface area (Å²) >= 11 is 3.38. The number of nitrogens with one attached hydrogen (secondary N) is 1. The van der Waals surface area contributed by atoms with Crippen LogP contribution in [0.3, 0.4) is 0 Å². The number of carbonyl (C=O) groups excluding carboxylic acids is 1. The van der Waals surface area contributed by atoms with Gasteiger partial charge in [-0.15, -0.1) is 0 Å². The quantitative estimate of drug-likeness (QED) is 0.842. The minimum Gasteiger partial charge on any atom is -0.324 e. The Bertz CT molecular complexity index is 391. The second kappa shape index (κ2) is 7.53. The Morgan fingerprint density at radius 2 is 1.58 bits per heavy atom. The lowest BCUT2D eigenvalue weighted by Crippen LogP contribution is -2.39. The van der Waals surface area contributed by atoms with E-state index in [0.29, 0.717) is 11.8 Å². The highest BCUT2D eigenvalue weighted by Crippen LogP contribution is 2.15. The first-order chi connectivity index (χ1) is 8.88. The fourth-order valence-corrected chi connectivity index (χ4v) is 2.12.